The number of rotatable bonds is 2. The van der Waals surface area contributed by atoms with Crippen LogP contribution < -0.4 is 4.74 Å². The Labute approximate surface area is 115 Å². The Morgan fingerprint density at radius 2 is 2.05 bits per heavy atom. The summed E-state index contributed by atoms with van der Waals surface area (Å²) in [5, 5.41) is 10.4. The molecule has 0 bridgehead atoms. The van der Waals surface area contributed by atoms with Crippen molar-refractivity contribution in [3.63, 3.8) is 0 Å². The average molecular weight is 261 g/mol. The molecule has 1 atom stereocenters. The lowest BCUT2D eigenvalue weighted by molar-refractivity contribution is -0.0537. The highest BCUT2D eigenvalue weighted by Crippen LogP contribution is 2.43. The molecule has 3 nitrogen and oxygen atoms in total. The maximum Gasteiger partial charge on any atom is 0.125 e. The second-order valence-electron chi connectivity index (χ2n) is 5.88. The number of aliphatic hydroxyl groups excluding tert-OH is 1. The minimum Gasteiger partial charge on any atom is -0.487 e. The first-order chi connectivity index (χ1) is 9.22. The summed E-state index contributed by atoms with van der Waals surface area (Å²) in [6.45, 7) is 5.57. The zero-order valence-corrected chi connectivity index (χ0v) is 11.6. The summed E-state index contributed by atoms with van der Waals surface area (Å²) in [7, 11) is 0. The number of likely N-dealkylation sites (tertiary alicyclic amines) is 1. The highest BCUT2D eigenvalue weighted by atomic mass is 16.5. The van der Waals surface area contributed by atoms with Crippen molar-refractivity contribution in [2.75, 3.05) is 19.6 Å². The van der Waals surface area contributed by atoms with Crippen LogP contribution in [0.4, 0.5) is 0 Å². The fourth-order valence-corrected chi connectivity index (χ4v) is 3.39. The third-order valence-corrected chi connectivity index (χ3v) is 4.48. The number of hydrogen-bond acceptors (Lipinski definition) is 3. The molecule has 3 heteroatoms. The lowest BCUT2D eigenvalue weighted by atomic mass is 9.81. The Balaban J connectivity index is 1.74. The molecule has 2 aliphatic heterocycles. The van der Waals surface area contributed by atoms with Gasteiger partial charge in [0.2, 0.25) is 0 Å². The highest BCUT2D eigenvalue weighted by molar-refractivity contribution is 5.38. The van der Waals surface area contributed by atoms with E-state index in [1.807, 2.05) is 24.3 Å². The van der Waals surface area contributed by atoms with Crippen molar-refractivity contribution in [2.24, 2.45) is 0 Å². The van der Waals surface area contributed by atoms with E-state index in [-0.39, 0.29) is 11.7 Å². The van der Waals surface area contributed by atoms with E-state index in [1.165, 1.54) is 13.0 Å². The van der Waals surface area contributed by atoms with Gasteiger partial charge in [0.15, 0.2) is 0 Å². The number of fused-ring (bicyclic) bond motifs is 1. The van der Waals surface area contributed by atoms with Gasteiger partial charge in [-0.15, -0.1) is 0 Å². The summed E-state index contributed by atoms with van der Waals surface area (Å²) in [5.41, 5.74) is 0.807. The van der Waals surface area contributed by atoms with Gasteiger partial charge in [-0.05, 0) is 31.9 Å². The minimum atomic E-state index is -0.373. The van der Waals surface area contributed by atoms with E-state index in [2.05, 4.69) is 11.8 Å². The first kappa shape index (κ1) is 12.9. The molecule has 1 fully saturated rings. The Bertz CT molecular complexity index is 438. The number of para-hydroxylation sites is 1. The molecular weight excluding hydrogens is 238 g/mol. The molecule has 0 aliphatic carbocycles. The molecule has 0 aromatic heterocycles. The third kappa shape index (κ3) is 2.49. The third-order valence-electron chi connectivity index (χ3n) is 4.48. The van der Waals surface area contributed by atoms with Crippen LogP contribution in [0.1, 0.15) is 44.3 Å². The van der Waals surface area contributed by atoms with Crippen LogP contribution in [-0.4, -0.2) is 35.2 Å². The smallest absolute Gasteiger partial charge is 0.125 e. The van der Waals surface area contributed by atoms with E-state index < -0.39 is 0 Å². The van der Waals surface area contributed by atoms with E-state index in [4.69, 9.17) is 4.74 Å². The van der Waals surface area contributed by atoms with Gasteiger partial charge in [0.05, 0.1) is 6.10 Å². The molecular formula is C16H23NO2. The van der Waals surface area contributed by atoms with Gasteiger partial charge in [-0.3, -0.25) is 0 Å². The normalized spacial score (nSPS) is 25.9. The van der Waals surface area contributed by atoms with Crippen LogP contribution in [0.3, 0.4) is 0 Å². The van der Waals surface area contributed by atoms with Crippen molar-refractivity contribution < 1.29 is 9.84 Å². The number of aliphatic hydroxyl groups is 1. The largest absolute Gasteiger partial charge is 0.487 e. The Hall–Kier alpha value is -1.06. The van der Waals surface area contributed by atoms with Crippen molar-refractivity contribution in [3.8, 4) is 5.75 Å². The van der Waals surface area contributed by atoms with Gasteiger partial charge >= 0.3 is 0 Å². The van der Waals surface area contributed by atoms with Crippen LogP contribution in [0.15, 0.2) is 24.3 Å². The molecule has 1 aromatic rings. The molecule has 2 heterocycles. The van der Waals surface area contributed by atoms with Gasteiger partial charge in [0.25, 0.3) is 0 Å². The fourth-order valence-electron chi connectivity index (χ4n) is 3.39. The number of ether oxygens (including phenoxy) is 1. The number of benzene rings is 1. The van der Waals surface area contributed by atoms with E-state index >= 15 is 0 Å². The Morgan fingerprint density at radius 1 is 1.32 bits per heavy atom. The zero-order chi connectivity index (χ0) is 13.3. The molecule has 1 unspecified atom stereocenters. The molecule has 3 rings (SSSR count). The molecule has 0 saturated carbocycles. The van der Waals surface area contributed by atoms with Crippen LogP contribution in [-0.2, 0) is 0 Å². The van der Waals surface area contributed by atoms with Crippen molar-refractivity contribution in [1.82, 2.24) is 4.90 Å². The van der Waals surface area contributed by atoms with Gasteiger partial charge in [-0.25, -0.2) is 0 Å². The first-order valence-corrected chi connectivity index (χ1v) is 7.41. The van der Waals surface area contributed by atoms with Crippen LogP contribution in [0.25, 0.3) is 0 Å². The Kier molecular flexibility index (Phi) is 3.50. The van der Waals surface area contributed by atoms with Crippen molar-refractivity contribution in [1.29, 1.82) is 0 Å². The fraction of sp³-hybridized carbons (Fsp3) is 0.625. The molecule has 0 radical (unpaired) electrons. The molecule has 1 N–H and O–H groups in total. The Morgan fingerprint density at radius 3 is 2.79 bits per heavy atom. The summed E-state index contributed by atoms with van der Waals surface area (Å²) in [6.07, 6.45) is 3.63. The van der Waals surface area contributed by atoms with E-state index in [9.17, 15) is 5.11 Å². The van der Waals surface area contributed by atoms with Crippen molar-refractivity contribution >= 4 is 0 Å². The van der Waals surface area contributed by atoms with Crippen LogP contribution in [0.2, 0.25) is 0 Å². The maximum absolute atomic E-state index is 10.4. The molecule has 0 amide bonds. The van der Waals surface area contributed by atoms with Crippen LogP contribution >= 0.6 is 0 Å². The summed E-state index contributed by atoms with van der Waals surface area (Å²) in [5.74, 6) is 0.880. The van der Waals surface area contributed by atoms with Gasteiger partial charge < -0.3 is 14.7 Å². The molecule has 104 valence electrons. The number of hydrogen-bond donors (Lipinski definition) is 1. The van der Waals surface area contributed by atoms with Gasteiger partial charge in [0, 0.05) is 25.1 Å². The van der Waals surface area contributed by atoms with Crippen molar-refractivity contribution in [3.05, 3.63) is 29.8 Å². The minimum absolute atomic E-state index is 0.141. The number of piperidine rings is 1. The molecule has 1 saturated heterocycles. The summed E-state index contributed by atoms with van der Waals surface area (Å²) in [4.78, 5) is 2.50. The second-order valence-corrected chi connectivity index (χ2v) is 5.88. The van der Waals surface area contributed by atoms with E-state index in [0.717, 1.165) is 43.7 Å². The molecule has 1 spiro atoms. The second kappa shape index (κ2) is 5.14. The van der Waals surface area contributed by atoms with Crippen molar-refractivity contribution in [2.45, 2.75) is 44.3 Å². The van der Waals surface area contributed by atoms with E-state index in [1.54, 1.807) is 0 Å². The summed E-state index contributed by atoms with van der Waals surface area (Å²) in [6, 6.07) is 7.90. The summed E-state index contributed by atoms with van der Waals surface area (Å²) >= 11 is 0. The predicted molar refractivity (Wildman–Crippen MR) is 75.3 cm³/mol. The average Bonchev–Trinajstić information content (AvgIpc) is 2.42. The SMILES string of the molecule is CCCN1CCC2(CC1)CC(O)c1ccccc1O2. The van der Waals surface area contributed by atoms with Crippen LogP contribution in [0, 0.1) is 0 Å². The number of nitrogens with zero attached hydrogens (tertiary/aromatic N) is 1. The van der Waals surface area contributed by atoms with Crippen LogP contribution in [0.5, 0.6) is 5.75 Å². The van der Waals surface area contributed by atoms with Gasteiger partial charge in [-0.1, -0.05) is 25.1 Å². The zero-order valence-electron chi connectivity index (χ0n) is 11.6. The maximum atomic E-state index is 10.4. The molecule has 19 heavy (non-hydrogen) atoms. The topological polar surface area (TPSA) is 32.7 Å². The first-order valence-electron chi connectivity index (χ1n) is 7.41. The van der Waals surface area contributed by atoms with Gasteiger partial charge in [-0.2, -0.15) is 0 Å². The molecule has 2 aliphatic rings. The quantitative estimate of drug-likeness (QED) is 0.888. The summed E-state index contributed by atoms with van der Waals surface area (Å²) < 4.78 is 6.27. The van der Waals surface area contributed by atoms with E-state index in [0.29, 0.717) is 0 Å². The highest BCUT2D eigenvalue weighted by Gasteiger charge is 2.42. The molecule has 1 aromatic carbocycles. The lowest BCUT2D eigenvalue weighted by Crippen LogP contribution is -2.50. The van der Waals surface area contributed by atoms with Gasteiger partial charge in [0.1, 0.15) is 11.4 Å². The predicted octanol–water partition coefficient (Wildman–Crippen LogP) is 2.75. The standard InChI is InChI=1S/C16H23NO2/c1-2-9-17-10-7-16(8-11-17)12-14(18)13-5-3-4-6-15(13)19-16/h3-6,14,18H,2,7-12H2,1H3. The lowest BCUT2D eigenvalue weighted by Gasteiger charge is -2.46. The monoisotopic (exact) mass is 261 g/mol.